The maximum atomic E-state index is 7.19. The summed E-state index contributed by atoms with van der Waals surface area (Å²) in [5, 5.41) is 7.19. The van der Waals surface area contributed by atoms with Crippen molar-refractivity contribution in [3.8, 4) is 0 Å². The van der Waals surface area contributed by atoms with E-state index < -0.39 is 0 Å². The minimum atomic E-state index is 0.242. The number of nitrogens with two attached hydrogens (primary N) is 1. The number of nitrogens with one attached hydrogen (secondary N) is 1. The van der Waals surface area contributed by atoms with Gasteiger partial charge in [0.2, 0.25) is 0 Å². The first-order valence-electron chi connectivity index (χ1n) is 5.11. The van der Waals surface area contributed by atoms with Crippen LogP contribution in [0.1, 0.15) is 17.5 Å². The van der Waals surface area contributed by atoms with Crippen LogP contribution in [-0.2, 0) is 0 Å². The second-order valence-corrected chi connectivity index (χ2v) is 4.04. The summed E-state index contributed by atoms with van der Waals surface area (Å²) in [7, 11) is 2.02. The highest BCUT2D eigenvalue weighted by atomic mass is 15.1. The fourth-order valence-corrected chi connectivity index (χ4v) is 1.59. The molecule has 0 aromatic heterocycles. The highest BCUT2D eigenvalue weighted by molar-refractivity contribution is 5.77. The number of hydrogen-bond donors (Lipinski definition) is 2. The van der Waals surface area contributed by atoms with Crippen molar-refractivity contribution in [3.63, 3.8) is 0 Å². The van der Waals surface area contributed by atoms with E-state index in [0.29, 0.717) is 6.42 Å². The molecule has 1 aromatic rings. The van der Waals surface area contributed by atoms with Gasteiger partial charge in [-0.15, -0.1) is 0 Å². The SMILES string of the molecule is Cc1cc(C)cc(N(C)CCC(=N)N)c1. The summed E-state index contributed by atoms with van der Waals surface area (Å²) >= 11 is 0. The zero-order chi connectivity index (χ0) is 11.4. The number of anilines is 1. The van der Waals surface area contributed by atoms with E-state index in [1.807, 2.05) is 7.05 Å². The van der Waals surface area contributed by atoms with E-state index in [0.717, 1.165) is 6.54 Å². The van der Waals surface area contributed by atoms with Gasteiger partial charge in [-0.1, -0.05) is 6.07 Å². The van der Waals surface area contributed by atoms with E-state index in [1.165, 1.54) is 16.8 Å². The molecule has 0 spiro atoms. The molecule has 0 atom stereocenters. The molecule has 0 aliphatic carbocycles. The van der Waals surface area contributed by atoms with Gasteiger partial charge in [-0.2, -0.15) is 0 Å². The van der Waals surface area contributed by atoms with Gasteiger partial charge in [0.05, 0.1) is 5.84 Å². The van der Waals surface area contributed by atoms with Gasteiger partial charge in [0.1, 0.15) is 0 Å². The Morgan fingerprint density at radius 3 is 2.27 bits per heavy atom. The maximum Gasteiger partial charge on any atom is 0.0923 e. The van der Waals surface area contributed by atoms with Crippen molar-refractivity contribution in [3.05, 3.63) is 29.3 Å². The van der Waals surface area contributed by atoms with Crippen LogP contribution in [0.4, 0.5) is 5.69 Å². The molecule has 0 saturated heterocycles. The van der Waals surface area contributed by atoms with Crippen LogP contribution < -0.4 is 10.6 Å². The first kappa shape index (κ1) is 11.6. The monoisotopic (exact) mass is 205 g/mol. The molecule has 0 saturated carbocycles. The Morgan fingerprint density at radius 2 is 1.80 bits per heavy atom. The van der Waals surface area contributed by atoms with Gasteiger partial charge in [-0.3, -0.25) is 5.41 Å². The Bertz CT molecular complexity index is 338. The average Bonchev–Trinajstić information content (AvgIpc) is 2.12. The molecule has 0 radical (unpaired) electrons. The Kier molecular flexibility index (Phi) is 3.72. The summed E-state index contributed by atoms with van der Waals surface area (Å²) in [6, 6.07) is 6.45. The largest absolute Gasteiger partial charge is 0.388 e. The van der Waals surface area contributed by atoms with Gasteiger partial charge in [-0.25, -0.2) is 0 Å². The summed E-state index contributed by atoms with van der Waals surface area (Å²) in [4.78, 5) is 2.13. The number of benzene rings is 1. The lowest BCUT2D eigenvalue weighted by atomic mass is 10.1. The zero-order valence-corrected chi connectivity index (χ0v) is 9.67. The van der Waals surface area contributed by atoms with Crippen LogP contribution in [-0.4, -0.2) is 19.4 Å². The lowest BCUT2D eigenvalue weighted by molar-refractivity contribution is 0.909. The summed E-state index contributed by atoms with van der Waals surface area (Å²) < 4.78 is 0. The van der Waals surface area contributed by atoms with Gasteiger partial charge >= 0.3 is 0 Å². The van der Waals surface area contributed by atoms with Crippen LogP contribution >= 0.6 is 0 Å². The molecule has 3 nitrogen and oxygen atoms in total. The molecule has 15 heavy (non-hydrogen) atoms. The maximum absolute atomic E-state index is 7.19. The fraction of sp³-hybridized carbons (Fsp3) is 0.417. The molecule has 0 amide bonds. The number of amidine groups is 1. The van der Waals surface area contributed by atoms with Crippen LogP contribution in [0.25, 0.3) is 0 Å². The second-order valence-electron chi connectivity index (χ2n) is 4.04. The van der Waals surface area contributed by atoms with Gasteiger partial charge in [0.15, 0.2) is 0 Å². The summed E-state index contributed by atoms with van der Waals surface area (Å²) in [6.45, 7) is 4.98. The lowest BCUT2D eigenvalue weighted by Crippen LogP contribution is -2.23. The number of rotatable bonds is 4. The Labute approximate surface area is 91.4 Å². The standard InChI is InChI=1S/C12H19N3/c1-9-6-10(2)8-11(7-9)15(3)5-4-12(13)14/h6-8H,4-5H2,1-3H3,(H3,13,14). The van der Waals surface area contributed by atoms with E-state index in [2.05, 4.69) is 36.9 Å². The van der Waals surface area contributed by atoms with E-state index in [-0.39, 0.29) is 5.84 Å². The smallest absolute Gasteiger partial charge is 0.0923 e. The molecular formula is C12H19N3. The molecule has 0 aliphatic rings. The lowest BCUT2D eigenvalue weighted by Gasteiger charge is -2.20. The third-order valence-corrected chi connectivity index (χ3v) is 2.36. The normalized spacial score (nSPS) is 10.1. The van der Waals surface area contributed by atoms with E-state index in [1.54, 1.807) is 0 Å². The van der Waals surface area contributed by atoms with Gasteiger partial charge in [0.25, 0.3) is 0 Å². The van der Waals surface area contributed by atoms with Crippen molar-refractivity contribution in [1.82, 2.24) is 0 Å². The summed E-state index contributed by atoms with van der Waals surface area (Å²) in [5.41, 5.74) is 9.05. The van der Waals surface area contributed by atoms with Crippen LogP contribution in [0.3, 0.4) is 0 Å². The van der Waals surface area contributed by atoms with Crippen molar-refractivity contribution >= 4 is 11.5 Å². The summed E-state index contributed by atoms with van der Waals surface area (Å²) in [5.74, 6) is 0.242. The average molecular weight is 205 g/mol. The predicted octanol–water partition coefficient (Wildman–Crippen LogP) is 2.07. The first-order valence-corrected chi connectivity index (χ1v) is 5.11. The minimum Gasteiger partial charge on any atom is -0.388 e. The molecule has 1 rings (SSSR count). The molecular weight excluding hydrogens is 186 g/mol. The van der Waals surface area contributed by atoms with Crippen LogP contribution in [0.15, 0.2) is 18.2 Å². The number of hydrogen-bond acceptors (Lipinski definition) is 2. The molecule has 0 bridgehead atoms. The highest BCUT2D eigenvalue weighted by Gasteiger charge is 2.02. The fourth-order valence-electron chi connectivity index (χ4n) is 1.59. The van der Waals surface area contributed by atoms with Crippen molar-refractivity contribution in [2.75, 3.05) is 18.5 Å². The van der Waals surface area contributed by atoms with Gasteiger partial charge in [0, 0.05) is 25.7 Å². The molecule has 0 unspecified atom stereocenters. The zero-order valence-electron chi connectivity index (χ0n) is 9.67. The molecule has 0 heterocycles. The molecule has 82 valence electrons. The summed E-state index contributed by atoms with van der Waals surface area (Å²) in [6.07, 6.45) is 0.615. The number of aryl methyl sites for hydroxylation is 2. The Hall–Kier alpha value is -1.51. The molecule has 1 aromatic carbocycles. The van der Waals surface area contributed by atoms with E-state index in [9.17, 15) is 0 Å². The van der Waals surface area contributed by atoms with E-state index in [4.69, 9.17) is 11.1 Å². The first-order chi connectivity index (χ1) is 6.99. The van der Waals surface area contributed by atoms with Crippen LogP contribution in [0, 0.1) is 19.3 Å². The van der Waals surface area contributed by atoms with Crippen molar-refractivity contribution < 1.29 is 0 Å². The van der Waals surface area contributed by atoms with Crippen molar-refractivity contribution in [1.29, 1.82) is 5.41 Å². The van der Waals surface area contributed by atoms with Crippen molar-refractivity contribution in [2.45, 2.75) is 20.3 Å². The van der Waals surface area contributed by atoms with Gasteiger partial charge in [-0.05, 0) is 37.1 Å². The second kappa shape index (κ2) is 4.82. The molecule has 0 aliphatic heterocycles. The Balaban J connectivity index is 2.72. The van der Waals surface area contributed by atoms with Crippen LogP contribution in [0.5, 0.6) is 0 Å². The third-order valence-electron chi connectivity index (χ3n) is 2.36. The topological polar surface area (TPSA) is 53.1 Å². The highest BCUT2D eigenvalue weighted by Crippen LogP contribution is 2.17. The Morgan fingerprint density at radius 1 is 1.27 bits per heavy atom. The van der Waals surface area contributed by atoms with Gasteiger partial charge < -0.3 is 10.6 Å². The molecule has 3 N–H and O–H groups in total. The van der Waals surface area contributed by atoms with E-state index >= 15 is 0 Å². The third kappa shape index (κ3) is 3.62. The molecule has 0 fully saturated rings. The minimum absolute atomic E-state index is 0.242. The van der Waals surface area contributed by atoms with Crippen LogP contribution in [0.2, 0.25) is 0 Å². The molecule has 3 heteroatoms. The quantitative estimate of drug-likeness (QED) is 0.584. The predicted molar refractivity (Wildman–Crippen MR) is 65.7 cm³/mol. The van der Waals surface area contributed by atoms with Crippen molar-refractivity contribution in [2.24, 2.45) is 5.73 Å². The number of nitrogens with zero attached hydrogens (tertiary/aromatic N) is 1.